The van der Waals surface area contributed by atoms with Crippen molar-refractivity contribution in [3.8, 4) is 0 Å². The Hall–Kier alpha value is -1.91. The molecule has 0 aromatic carbocycles. The molecule has 1 N–H and O–H groups in total. The SMILES string of the molecule is COC(=O)[C@@H]1C[C@H]1C(=O)N[C@H](c1ncccc1C)C(C)C. The van der Waals surface area contributed by atoms with Crippen LogP contribution in [0.5, 0.6) is 0 Å². The number of nitrogens with one attached hydrogen (secondary N) is 1. The Balaban J connectivity index is 2.07. The molecular weight excluding hydrogens is 268 g/mol. The van der Waals surface area contributed by atoms with Gasteiger partial charge in [-0.2, -0.15) is 0 Å². The number of pyridine rings is 1. The average Bonchev–Trinajstić information content (AvgIpc) is 3.25. The summed E-state index contributed by atoms with van der Waals surface area (Å²) in [5, 5.41) is 3.04. The van der Waals surface area contributed by atoms with Crippen LogP contribution < -0.4 is 5.32 Å². The minimum atomic E-state index is -0.301. The molecule has 1 heterocycles. The Morgan fingerprint density at radius 2 is 2.10 bits per heavy atom. The first kappa shape index (κ1) is 15.5. The van der Waals surface area contributed by atoms with E-state index in [1.165, 1.54) is 7.11 Å². The number of nitrogens with zero attached hydrogens (tertiary/aromatic N) is 1. The summed E-state index contributed by atoms with van der Waals surface area (Å²) < 4.78 is 4.68. The van der Waals surface area contributed by atoms with Gasteiger partial charge in [0, 0.05) is 6.20 Å². The molecule has 1 saturated carbocycles. The van der Waals surface area contributed by atoms with Crippen molar-refractivity contribution >= 4 is 11.9 Å². The lowest BCUT2D eigenvalue weighted by Crippen LogP contribution is -2.34. The Labute approximate surface area is 125 Å². The van der Waals surface area contributed by atoms with Crippen molar-refractivity contribution in [1.29, 1.82) is 0 Å². The number of carbonyl (C=O) groups is 2. The molecule has 1 aromatic heterocycles. The number of carbonyl (C=O) groups excluding carboxylic acids is 2. The summed E-state index contributed by atoms with van der Waals surface area (Å²) in [6, 6.07) is 3.72. The molecule has 5 heteroatoms. The lowest BCUT2D eigenvalue weighted by molar-refractivity contribution is -0.143. The van der Waals surface area contributed by atoms with Crippen LogP contribution in [0, 0.1) is 24.7 Å². The minimum Gasteiger partial charge on any atom is -0.469 e. The third-order valence-electron chi connectivity index (χ3n) is 3.94. The van der Waals surface area contributed by atoms with Crippen LogP contribution >= 0.6 is 0 Å². The Morgan fingerprint density at radius 1 is 1.38 bits per heavy atom. The molecule has 0 bridgehead atoms. The van der Waals surface area contributed by atoms with Crippen molar-refractivity contribution in [2.45, 2.75) is 33.2 Å². The van der Waals surface area contributed by atoms with Gasteiger partial charge in [0.05, 0.1) is 30.7 Å². The number of esters is 1. The minimum absolute atomic E-state index is 0.0887. The molecule has 0 aliphatic heterocycles. The molecular formula is C16H22N2O3. The fraction of sp³-hybridized carbons (Fsp3) is 0.562. The van der Waals surface area contributed by atoms with Crippen LogP contribution in [0.1, 0.15) is 37.6 Å². The first-order chi connectivity index (χ1) is 9.95. The van der Waals surface area contributed by atoms with Crippen LogP contribution in [-0.2, 0) is 14.3 Å². The zero-order valence-electron chi connectivity index (χ0n) is 12.9. The first-order valence-electron chi connectivity index (χ1n) is 7.25. The van der Waals surface area contributed by atoms with Gasteiger partial charge in [-0.3, -0.25) is 14.6 Å². The second-order valence-corrected chi connectivity index (χ2v) is 5.91. The van der Waals surface area contributed by atoms with E-state index in [4.69, 9.17) is 0 Å². The predicted molar refractivity (Wildman–Crippen MR) is 78.3 cm³/mol. The van der Waals surface area contributed by atoms with E-state index < -0.39 is 0 Å². The topological polar surface area (TPSA) is 68.3 Å². The maximum absolute atomic E-state index is 12.3. The molecule has 0 spiro atoms. The average molecular weight is 290 g/mol. The van der Waals surface area contributed by atoms with E-state index in [1.807, 2.05) is 32.9 Å². The Kier molecular flexibility index (Phi) is 4.60. The normalized spacial score (nSPS) is 21.8. The summed E-state index contributed by atoms with van der Waals surface area (Å²) in [5.74, 6) is -0.715. The molecule has 1 amide bonds. The van der Waals surface area contributed by atoms with Gasteiger partial charge in [-0.05, 0) is 30.9 Å². The monoisotopic (exact) mass is 290 g/mol. The van der Waals surface area contributed by atoms with Gasteiger partial charge < -0.3 is 10.1 Å². The van der Waals surface area contributed by atoms with E-state index >= 15 is 0 Å². The predicted octanol–water partition coefficient (Wildman–Crippen LogP) is 2.01. The van der Waals surface area contributed by atoms with Crippen molar-refractivity contribution in [3.63, 3.8) is 0 Å². The van der Waals surface area contributed by atoms with E-state index in [0.717, 1.165) is 11.3 Å². The molecule has 2 rings (SSSR count). The van der Waals surface area contributed by atoms with Crippen LogP contribution in [-0.4, -0.2) is 24.0 Å². The van der Waals surface area contributed by atoms with Gasteiger partial charge in [-0.1, -0.05) is 19.9 Å². The molecule has 5 nitrogen and oxygen atoms in total. The number of aryl methyl sites for hydroxylation is 1. The number of hydrogen-bond acceptors (Lipinski definition) is 4. The fourth-order valence-electron chi connectivity index (χ4n) is 2.53. The number of hydrogen-bond donors (Lipinski definition) is 1. The quantitative estimate of drug-likeness (QED) is 0.842. The van der Waals surface area contributed by atoms with Gasteiger partial charge in [0.1, 0.15) is 0 Å². The first-order valence-corrected chi connectivity index (χ1v) is 7.25. The molecule has 0 saturated heterocycles. The van der Waals surface area contributed by atoms with Crippen molar-refractivity contribution in [1.82, 2.24) is 10.3 Å². The van der Waals surface area contributed by atoms with Crippen molar-refractivity contribution in [2.24, 2.45) is 17.8 Å². The van der Waals surface area contributed by atoms with Crippen molar-refractivity contribution < 1.29 is 14.3 Å². The standard InChI is InChI=1S/C16H22N2O3/c1-9(2)13(14-10(3)6-5-7-17-14)18-15(19)11-8-12(11)16(20)21-4/h5-7,9,11-13H,8H2,1-4H3,(H,18,19)/t11-,12-,13+/m1/s1. The zero-order valence-corrected chi connectivity index (χ0v) is 12.9. The lowest BCUT2D eigenvalue weighted by atomic mass is 9.97. The highest BCUT2D eigenvalue weighted by Crippen LogP contribution is 2.40. The number of amides is 1. The second-order valence-electron chi connectivity index (χ2n) is 5.91. The van der Waals surface area contributed by atoms with Gasteiger partial charge in [-0.25, -0.2) is 0 Å². The second kappa shape index (κ2) is 6.24. The van der Waals surface area contributed by atoms with Gasteiger partial charge in [0.15, 0.2) is 0 Å². The fourth-order valence-corrected chi connectivity index (χ4v) is 2.53. The van der Waals surface area contributed by atoms with Crippen molar-refractivity contribution in [2.75, 3.05) is 7.11 Å². The zero-order chi connectivity index (χ0) is 15.6. The summed E-state index contributed by atoms with van der Waals surface area (Å²) in [6.45, 7) is 6.08. The molecule has 1 aromatic rings. The smallest absolute Gasteiger partial charge is 0.309 e. The summed E-state index contributed by atoms with van der Waals surface area (Å²) in [5.41, 5.74) is 1.94. The summed E-state index contributed by atoms with van der Waals surface area (Å²) in [4.78, 5) is 28.1. The van der Waals surface area contributed by atoms with Gasteiger partial charge in [0.25, 0.3) is 0 Å². The number of aromatic nitrogens is 1. The highest BCUT2D eigenvalue weighted by atomic mass is 16.5. The van der Waals surface area contributed by atoms with Gasteiger partial charge >= 0.3 is 5.97 Å². The number of rotatable bonds is 5. The summed E-state index contributed by atoms with van der Waals surface area (Å²) >= 11 is 0. The molecule has 114 valence electrons. The number of ether oxygens (including phenoxy) is 1. The molecule has 3 atom stereocenters. The number of methoxy groups -OCH3 is 1. The summed E-state index contributed by atoms with van der Waals surface area (Å²) in [7, 11) is 1.35. The molecule has 0 radical (unpaired) electrons. The van der Waals surface area contributed by atoms with E-state index in [1.54, 1.807) is 6.20 Å². The lowest BCUT2D eigenvalue weighted by Gasteiger charge is -2.23. The van der Waals surface area contributed by atoms with Crippen LogP contribution in [0.2, 0.25) is 0 Å². The van der Waals surface area contributed by atoms with Crippen LogP contribution in [0.25, 0.3) is 0 Å². The third-order valence-corrected chi connectivity index (χ3v) is 3.94. The van der Waals surface area contributed by atoms with E-state index in [2.05, 4.69) is 15.0 Å². The van der Waals surface area contributed by atoms with Crippen LogP contribution in [0.4, 0.5) is 0 Å². The third kappa shape index (κ3) is 3.40. The largest absolute Gasteiger partial charge is 0.469 e. The maximum atomic E-state index is 12.3. The highest BCUT2D eigenvalue weighted by molar-refractivity contribution is 5.90. The van der Waals surface area contributed by atoms with Gasteiger partial charge in [-0.15, -0.1) is 0 Å². The molecule has 0 unspecified atom stereocenters. The van der Waals surface area contributed by atoms with Crippen molar-refractivity contribution in [3.05, 3.63) is 29.6 Å². The molecule has 21 heavy (non-hydrogen) atoms. The summed E-state index contributed by atoms with van der Waals surface area (Å²) in [6.07, 6.45) is 2.31. The maximum Gasteiger partial charge on any atom is 0.309 e. The van der Waals surface area contributed by atoms with Crippen LogP contribution in [0.15, 0.2) is 18.3 Å². The molecule has 1 aliphatic carbocycles. The van der Waals surface area contributed by atoms with E-state index in [0.29, 0.717) is 6.42 Å². The van der Waals surface area contributed by atoms with E-state index in [-0.39, 0.29) is 35.7 Å². The Bertz CT molecular complexity index is 542. The Morgan fingerprint density at radius 3 is 2.67 bits per heavy atom. The molecule has 1 aliphatic rings. The molecule has 1 fully saturated rings. The highest BCUT2D eigenvalue weighted by Gasteiger charge is 2.49. The van der Waals surface area contributed by atoms with E-state index in [9.17, 15) is 9.59 Å². The van der Waals surface area contributed by atoms with Crippen LogP contribution in [0.3, 0.4) is 0 Å². The van der Waals surface area contributed by atoms with Gasteiger partial charge in [0.2, 0.25) is 5.91 Å².